The minimum absolute atomic E-state index is 0.0904. The van der Waals surface area contributed by atoms with Gasteiger partial charge < -0.3 is 10.2 Å². The molecule has 4 rings (SSSR count). The van der Waals surface area contributed by atoms with Crippen LogP contribution in [0.1, 0.15) is 28.8 Å². The Morgan fingerprint density at radius 3 is 2.69 bits per heavy atom. The number of benzene rings is 1. The van der Waals surface area contributed by atoms with Gasteiger partial charge in [0.25, 0.3) is 5.91 Å². The highest BCUT2D eigenvalue weighted by Crippen LogP contribution is 2.30. The van der Waals surface area contributed by atoms with Gasteiger partial charge in [0, 0.05) is 18.7 Å². The maximum atomic E-state index is 12.9. The molecule has 0 spiro atoms. The number of nitrogens with zero attached hydrogens (tertiary/aromatic N) is 5. The number of hydrogen-bond donors (Lipinski definition) is 1. The van der Waals surface area contributed by atoms with Gasteiger partial charge in [0.2, 0.25) is 0 Å². The Bertz CT molecular complexity index is 1030. The minimum Gasteiger partial charge on any atom is -0.367 e. The summed E-state index contributed by atoms with van der Waals surface area (Å²) in [6.45, 7) is 1.81. The van der Waals surface area contributed by atoms with Crippen LogP contribution in [0.5, 0.6) is 0 Å². The van der Waals surface area contributed by atoms with E-state index in [1.807, 2.05) is 0 Å². The fourth-order valence-corrected chi connectivity index (χ4v) is 3.22. The molecule has 0 bridgehead atoms. The van der Waals surface area contributed by atoms with E-state index in [0.717, 1.165) is 43.8 Å². The van der Waals surface area contributed by atoms with E-state index in [4.69, 9.17) is 0 Å². The second-order valence-electron chi connectivity index (χ2n) is 6.63. The zero-order chi connectivity index (χ0) is 20.4. The van der Waals surface area contributed by atoms with Gasteiger partial charge in [0.1, 0.15) is 12.0 Å². The molecule has 2 aromatic heterocycles. The first-order valence-corrected chi connectivity index (χ1v) is 9.00. The molecule has 0 unspecified atom stereocenters. The number of alkyl halides is 3. The van der Waals surface area contributed by atoms with Crippen LogP contribution >= 0.6 is 0 Å². The van der Waals surface area contributed by atoms with Crippen molar-refractivity contribution in [3.8, 4) is 5.82 Å². The van der Waals surface area contributed by atoms with Crippen molar-refractivity contribution in [2.45, 2.75) is 19.0 Å². The molecule has 1 saturated heterocycles. The van der Waals surface area contributed by atoms with Crippen molar-refractivity contribution in [2.75, 3.05) is 23.3 Å². The summed E-state index contributed by atoms with van der Waals surface area (Å²) in [5.74, 6) is -0.0837. The van der Waals surface area contributed by atoms with E-state index < -0.39 is 17.6 Å². The predicted octanol–water partition coefficient (Wildman–Crippen LogP) is 3.53. The maximum Gasteiger partial charge on any atom is 0.416 e. The molecule has 1 N–H and O–H groups in total. The maximum absolute atomic E-state index is 12.9. The molecule has 1 aliphatic heterocycles. The molecule has 150 valence electrons. The van der Waals surface area contributed by atoms with Crippen LogP contribution in [0, 0.1) is 0 Å². The summed E-state index contributed by atoms with van der Waals surface area (Å²) in [5, 5.41) is 6.80. The van der Waals surface area contributed by atoms with Gasteiger partial charge in [0.05, 0.1) is 29.8 Å². The molecule has 3 heterocycles. The van der Waals surface area contributed by atoms with Gasteiger partial charge in [-0.3, -0.25) is 4.79 Å². The summed E-state index contributed by atoms with van der Waals surface area (Å²) in [5.41, 5.74) is 0.215. The van der Waals surface area contributed by atoms with Gasteiger partial charge >= 0.3 is 6.18 Å². The number of carbonyl (C=O) groups excluding carboxylic acids is 1. The SMILES string of the molecule is O=C(Nc1cnn(-c2ncncc2N2CCCC2)c1)c1cccc(C(F)(F)F)c1. The van der Waals surface area contributed by atoms with Crippen molar-refractivity contribution >= 4 is 17.3 Å². The summed E-state index contributed by atoms with van der Waals surface area (Å²) in [6, 6.07) is 4.26. The van der Waals surface area contributed by atoms with Crippen LogP contribution in [0.15, 0.2) is 49.2 Å². The van der Waals surface area contributed by atoms with Crippen LogP contribution in [-0.2, 0) is 6.18 Å². The molecule has 0 saturated carbocycles. The third-order valence-electron chi connectivity index (χ3n) is 4.63. The lowest BCUT2D eigenvalue weighted by molar-refractivity contribution is -0.137. The van der Waals surface area contributed by atoms with Crippen LogP contribution in [0.2, 0.25) is 0 Å². The average Bonchev–Trinajstić information content (AvgIpc) is 3.40. The second kappa shape index (κ2) is 7.53. The molecule has 29 heavy (non-hydrogen) atoms. The molecule has 7 nitrogen and oxygen atoms in total. The van der Waals surface area contributed by atoms with E-state index >= 15 is 0 Å². The molecule has 1 amide bonds. The van der Waals surface area contributed by atoms with Gasteiger partial charge in [-0.25, -0.2) is 14.6 Å². The molecule has 1 aromatic carbocycles. The highest BCUT2D eigenvalue weighted by Gasteiger charge is 2.31. The first kappa shape index (κ1) is 18.9. The van der Waals surface area contributed by atoms with Crippen LogP contribution < -0.4 is 10.2 Å². The standard InChI is InChI=1S/C19H17F3N6O/c20-19(21,22)14-5-3-4-13(8-14)18(29)26-15-9-25-28(11-15)17-16(10-23-12-24-17)27-6-1-2-7-27/h3-5,8-12H,1-2,6-7H2,(H,26,29). The Balaban J connectivity index is 1.54. The fourth-order valence-electron chi connectivity index (χ4n) is 3.22. The third kappa shape index (κ3) is 4.05. The normalized spacial score (nSPS) is 14.2. The van der Waals surface area contributed by atoms with E-state index in [2.05, 4.69) is 25.3 Å². The lowest BCUT2D eigenvalue weighted by Crippen LogP contribution is -2.20. The number of halogens is 3. The van der Waals surface area contributed by atoms with Crippen molar-refractivity contribution in [1.82, 2.24) is 19.7 Å². The van der Waals surface area contributed by atoms with Gasteiger partial charge in [0.15, 0.2) is 5.82 Å². The average molecular weight is 402 g/mol. The Hall–Kier alpha value is -3.43. The number of amides is 1. The monoisotopic (exact) mass is 402 g/mol. The van der Waals surface area contributed by atoms with Gasteiger partial charge in [-0.1, -0.05) is 6.07 Å². The predicted molar refractivity (Wildman–Crippen MR) is 100.0 cm³/mol. The highest BCUT2D eigenvalue weighted by atomic mass is 19.4. The zero-order valence-corrected chi connectivity index (χ0v) is 15.2. The van der Waals surface area contributed by atoms with Gasteiger partial charge in [-0.15, -0.1) is 0 Å². The minimum atomic E-state index is -4.51. The number of aromatic nitrogens is 4. The zero-order valence-electron chi connectivity index (χ0n) is 15.2. The van der Waals surface area contributed by atoms with Crippen LogP contribution in [0.4, 0.5) is 24.5 Å². The quantitative estimate of drug-likeness (QED) is 0.723. The Kier molecular flexibility index (Phi) is 4.91. The van der Waals surface area contributed by atoms with Gasteiger partial charge in [-0.2, -0.15) is 18.3 Å². The summed E-state index contributed by atoms with van der Waals surface area (Å²) < 4.78 is 40.1. The summed E-state index contributed by atoms with van der Waals surface area (Å²) >= 11 is 0. The Morgan fingerprint density at radius 2 is 1.93 bits per heavy atom. The molecule has 0 radical (unpaired) electrons. The number of carbonyl (C=O) groups is 1. The molecule has 0 atom stereocenters. The molecular weight excluding hydrogens is 385 g/mol. The third-order valence-corrected chi connectivity index (χ3v) is 4.63. The van der Waals surface area contributed by atoms with E-state index in [-0.39, 0.29) is 5.56 Å². The van der Waals surface area contributed by atoms with Crippen LogP contribution in [-0.4, -0.2) is 38.7 Å². The van der Waals surface area contributed by atoms with Crippen molar-refractivity contribution in [1.29, 1.82) is 0 Å². The number of nitrogens with one attached hydrogen (secondary N) is 1. The molecule has 3 aromatic rings. The molecule has 1 fully saturated rings. The summed E-state index contributed by atoms with van der Waals surface area (Å²) in [6.07, 6.45) is 3.78. The highest BCUT2D eigenvalue weighted by molar-refractivity contribution is 6.04. The molecule has 0 aliphatic carbocycles. The van der Waals surface area contributed by atoms with Crippen LogP contribution in [0.25, 0.3) is 5.82 Å². The lowest BCUT2D eigenvalue weighted by Gasteiger charge is -2.19. The number of hydrogen-bond acceptors (Lipinski definition) is 5. The Morgan fingerprint density at radius 1 is 1.14 bits per heavy atom. The molecular formula is C19H17F3N6O. The number of rotatable bonds is 4. The fraction of sp³-hybridized carbons (Fsp3) is 0.263. The van der Waals surface area contributed by atoms with Crippen LogP contribution in [0.3, 0.4) is 0 Å². The topological polar surface area (TPSA) is 75.9 Å². The summed E-state index contributed by atoms with van der Waals surface area (Å²) in [4.78, 5) is 22.9. The van der Waals surface area contributed by atoms with E-state index in [0.29, 0.717) is 11.5 Å². The van der Waals surface area contributed by atoms with Gasteiger partial charge in [-0.05, 0) is 31.0 Å². The summed E-state index contributed by atoms with van der Waals surface area (Å²) in [7, 11) is 0. The molecule has 1 aliphatic rings. The largest absolute Gasteiger partial charge is 0.416 e. The molecule has 10 heteroatoms. The van der Waals surface area contributed by atoms with E-state index in [1.165, 1.54) is 29.3 Å². The second-order valence-corrected chi connectivity index (χ2v) is 6.63. The lowest BCUT2D eigenvalue weighted by atomic mass is 10.1. The first-order chi connectivity index (χ1) is 13.9. The van der Waals surface area contributed by atoms with E-state index in [1.54, 1.807) is 12.4 Å². The van der Waals surface area contributed by atoms with Crippen molar-refractivity contribution in [3.05, 3.63) is 60.3 Å². The Labute approximate surface area is 164 Å². The first-order valence-electron chi connectivity index (χ1n) is 9.00. The smallest absolute Gasteiger partial charge is 0.367 e. The van der Waals surface area contributed by atoms with Crippen molar-refractivity contribution < 1.29 is 18.0 Å². The number of anilines is 2. The van der Waals surface area contributed by atoms with Crippen molar-refractivity contribution in [2.24, 2.45) is 0 Å². The van der Waals surface area contributed by atoms with Crippen molar-refractivity contribution in [3.63, 3.8) is 0 Å². The van der Waals surface area contributed by atoms with E-state index in [9.17, 15) is 18.0 Å².